The van der Waals surface area contributed by atoms with Crippen LogP contribution in [0.4, 0.5) is 0 Å². The average molecular weight is 264 g/mol. The Hall–Kier alpha value is -1.74. The molecule has 18 heavy (non-hydrogen) atoms. The maximum atomic E-state index is 11.8. The number of benzene rings is 1. The van der Waals surface area contributed by atoms with Crippen LogP contribution in [0, 0.1) is 6.92 Å². The van der Waals surface area contributed by atoms with Gasteiger partial charge in [0.25, 0.3) is 5.91 Å². The highest BCUT2D eigenvalue weighted by molar-refractivity contribution is 6.17. The molecule has 4 heteroatoms. The molecular weight excluding hydrogens is 250 g/mol. The van der Waals surface area contributed by atoms with E-state index < -0.39 is 0 Å². The van der Waals surface area contributed by atoms with E-state index in [2.05, 4.69) is 5.32 Å². The molecule has 0 aliphatic carbocycles. The lowest BCUT2D eigenvalue weighted by molar-refractivity contribution is 0.0922. The van der Waals surface area contributed by atoms with Crippen molar-refractivity contribution in [2.75, 3.05) is 0 Å². The molecule has 0 saturated carbocycles. The first-order valence-corrected chi connectivity index (χ1v) is 6.21. The van der Waals surface area contributed by atoms with Crippen molar-refractivity contribution >= 4 is 17.5 Å². The topological polar surface area (TPSA) is 42.2 Å². The summed E-state index contributed by atoms with van der Waals surface area (Å²) in [5, 5.41) is 2.80. The molecule has 0 unspecified atom stereocenters. The first-order chi connectivity index (χ1) is 8.69. The second-order valence-electron chi connectivity index (χ2n) is 4.05. The summed E-state index contributed by atoms with van der Waals surface area (Å²) in [5.74, 6) is 1.32. The second-order valence-corrected chi connectivity index (χ2v) is 4.31. The smallest absolute Gasteiger partial charge is 0.287 e. The molecular formula is C14H14ClNO2. The second kappa shape index (κ2) is 5.74. The van der Waals surface area contributed by atoms with E-state index in [1.54, 1.807) is 19.1 Å². The fourth-order valence-electron chi connectivity index (χ4n) is 1.65. The van der Waals surface area contributed by atoms with Crippen LogP contribution in [0.5, 0.6) is 0 Å². The number of nitrogens with one attached hydrogen (secondary N) is 1. The van der Waals surface area contributed by atoms with Gasteiger partial charge in [-0.3, -0.25) is 4.79 Å². The van der Waals surface area contributed by atoms with Crippen molar-refractivity contribution in [3.05, 3.63) is 59.0 Å². The minimum atomic E-state index is -0.209. The van der Waals surface area contributed by atoms with E-state index in [1.165, 1.54) is 0 Å². The quantitative estimate of drug-likeness (QED) is 0.861. The Balaban J connectivity index is 1.97. The first kappa shape index (κ1) is 12.7. The third kappa shape index (κ3) is 3.14. The third-order valence-corrected chi connectivity index (χ3v) is 2.87. The lowest BCUT2D eigenvalue weighted by Crippen LogP contribution is -2.22. The summed E-state index contributed by atoms with van der Waals surface area (Å²) in [4.78, 5) is 11.8. The lowest BCUT2D eigenvalue weighted by atomic mass is 10.1. The number of carbonyl (C=O) groups is 1. The Morgan fingerprint density at radius 1 is 1.28 bits per heavy atom. The molecule has 0 bridgehead atoms. The first-order valence-electron chi connectivity index (χ1n) is 5.67. The molecule has 1 aromatic heterocycles. The molecule has 1 heterocycles. The van der Waals surface area contributed by atoms with E-state index in [0.717, 1.165) is 16.9 Å². The highest BCUT2D eigenvalue weighted by Gasteiger charge is 2.09. The molecule has 1 aromatic carbocycles. The lowest BCUT2D eigenvalue weighted by Gasteiger charge is -2.04. The number of furan rings is 1. The Morgan fingerprint density at radius 3 is 2.72 bits per heavy atom. The van der Waals surface area contributed by atoms with Crippen LogP contribution in [-0.4, -0.2) is 5.91 Å². The molecule has 0 spiro atoms. The Labute approximate surface area is 111 Å². The van der Waals surface area contributed by atoms with Gasteiger partial charge in [0.05, 0.1) is 0 Å². The Kier molecular flexibility index (Phi) is 4.05. The maximum absolute atomic E-state index is 11.8. The van der Waals surface area contributed by atoms with E-state index >= 15 is 0 Å². The van der Waals surface area contributed by atoms with Gasteiger partial charge in [-0.1, -0.05) is 24.3 Å². The summed E-state index contributed by atoms with van der Waals surface area (Å²) in [7, 11) is 0. The molecule has 0 aliphatic rings. The SMILES string of the molecule is Cc1ccc(C(=O)NCc2cccc(CCl)c2)o1. The van der Waals surface area contributed by atoms with Gasteiger partial charge < -0.3 is 9.73 Å². The normalized spacial score (nSPS) is 10.3. The van der Waals surface area contributed by atoms with E-state index in [4.69, 9.17) is 16.0 Å². The monoisotopic (exact) mass is 263 g/mol. The third-order valence-electron chi connectivity index (χ3n) is 2.56. The van der Waals surface area contributed by atoms with E-state index in [1.807, 2.05) is 24.3 Å². The van der Waals surface area contributed by atoms with Crippen molar-refractivity contribution in [3.8, 4) is 0 Å². The number of alkyl halides is 1. The summed E-state index contributed by atoms with van der Waals surface area (Å²) in [5.41, 5.74) is 2.06. The molecule has 0 aliphatic heterocycles. The van der Waals surface area contributed by atoms with Crippen LogP contribution in [0.15, 0.2) is 40.8 Å². The summed E-state index contributed by atoms with van der Waals surface area (Å²) >= 11 is 5.76. The fraction of sp³-hybridized carbons (Fsp3) is 0.214. The Bertz CT molecular complexity index is 548. The van der Waals surface area contributed by atoms with E-state index in [0.29, 0.717) is 18.2 Å². The van der Waals surface area contributed by atoms with Gasteiger partial charge >= 0.3 is 0 Å². The van der Waals surface area contributed by atoms with Gasteiger partial charge in [-0.05, 0) is 30.2 Å². The number of carbonyl (C=O) groups excluding carboxylic acids is 1. The molecule has 0 atom stereocenters. The van der Waals surface area contributed by atoms with Gasteiger partial charge in [0.1, 0.15) is 5.76 Å². The van der Waals surface area contributed by atoms with Crippen molar-refractivity contribution in [2.24, 2.45) is 0 Å². The predicted octanol–water partition coefficient (Wildman–Crippen LogP) is 3.26. The molecule has 3 nitrogen and oxygen atoms in total. The number of rotatable bonds is 4. The van der Waals surface area contributed by atoms with Crippen molar-refractivity contribution in [1.82, 2.24) is 5.32 Å². The molecule has 94 valence electrons. The van der Waals surface area contributed by atoms with Gasteiger partial charge in [-0.15, -0.1) is 11.6 Å². The van der Waals surface area contributed by atoms with Gasteiger partial charge in [-0.25, -0.2) is 0 Å². The molecule has 2 aromatic rings. The summed E-state index contributed by atoms with van der Waals surface area (Å²) in [6, 6.07) is 11.2. The van der Waals surface area contributed by atoms with Crippen LogP contribution in [-0.2, 0) is 12.4 Å². The van der Waals surface area contributed by atoms with Crippen molar-refractivity contribution in [1.29, 1.82) is 0 Å². The van der Waals surface area contributed by atoms with Crippen LogP contribution in [0.1, 0.15) is 27.4 Å². The number of aryl methyl sites for hydroxylation is 1. The molecule has 0 fully saturated rings. The van der Waals surface area contributed by atoms with Crippen LogP contribution >= 0.6 is 11.6 Å². The van der Waals surface area contributed by atoms with Gasteiger partial charge in [0.15, 0.2) is 5.76 Å². The van der Waals surface area contributed by atoms with Gasteiger partial charge in [-0.2, -0.15) is 0 Å². The van der Waals surface area contributed by atoms with E-state index in [-0.39, 0.29) is 5.91 Å². The highest BCUT2D eigenvalue weighted by atomic mass is 35.5. The van der Waals surface area contributed by atoms with Crippen molar-refractivity contribution in [2.45, 2.75) is 19.3 Å². The molecule has 1 amide bonds. The standard InChI is InChI=1S/C14H14ClNO2/c1-10-5-6-13(18-10)14(17)16-9-12-4-2-3-11(7-12)8-15/h2-7H,8-9H2,1H3,(H,16,17). The number of halogens is 1. The predicted molar refractivity (Wildman–Crippen MR) is 70.6 cm³/mol. The summed E-state index contributed by atoms with van der Waals surface area (Å²) in [6.45, 7) is 2.27. The van der Waals surface area contributed by atoms with Crippen LogP contribution in [0.25, 0.3) is 0 Å². The van der Waals surface area contributed by atoms with E-state index in [9.17, 15) is 4.79 Å². The zero-order chi connectivity index (χ0) is 13.0. The van der Waals surface area contributed by atoms with Crippen LogP contribution in [0.3, 0.4) is 0 Å². The van der Waals surface area contributed by atoms with Gasteiger partial charge in [0.2, 0.25) is 0 Å². The molecule has 2 rings (SSSR count). The van der Waals surface area contributed by atoms with Crippen molar-refractivity contribution in [3.63, 3.8) is 0 Å². The Morgan fingerprint density at radius 2 is 2.06 bits per heavy atom. The van der Waals surface area contributed by atoms with Crippen LogP contribution < -0.4 is 5.32 Å². The summed E-state index contributed by atoms with van der Waals surface area (Å²) < 4.78 is 5.25. The molecule has 0 radical (unpaired) electrons. The zero-order valence-corrected chi connectivity index (χ0v) is 10.8. The number of amides is 1. The maximum Gasteiger partial charge on any atom is 0.287 e. The van der Waals surface area contributed by atoms with Gasteiger partial charge in [0, 0.05) is 12.4 Å². The highest BCUT2D eigenvalue weighted by Crippen LogP contribution is 2.09. The summed E-state index contributed by atoms with van der Waals surface area (Å²) in [6.07, 6.45) is 0. The molecule has 0 saturated heterocycles. The fourth-order valence-corrected chi connectivity index (χ4v) is 1.81. The van der Waals surface area contributed by atoms with Crippen LogP contribution in [0.2, 0.25) is 0 Å². The largest absolute Gasteiger partial charge is 0.456 e. The molecule has 1 N–H and O–H groups in total. The van der Waals surface area contributed by atoms with Crippen molar-refractivity contribution < 1.29 is 9.21 Å². The zero-order valence-electron chi connectivity index (χ0n) is 10.1. The number of hydrogen-bond acceptors (Lipinski definition) is 2. The number of hydrogen-bond donors (Lipinski definition) is 1. The average Bonchev–Trinajstić information content (AvgIpc) is 2.83. The minimum Gasteiger partial charge on any atom is -0.456 e. The minimum absolute atomic E-state index is 0.209.